The molecule has 1 rings (SSSR count). The van der Waals surface area contributed by atoms with Crippen LogP contribution in [-0.2, 0) is 0 Å². The van der Waals surface area contributed by atoms with Gasteiger partial charge in [-0.1, -0.05) is 25.4 Å². The lowest BCUT2D eigenvalue weighted by molar-refractivity contribution is 0.540. The van der Waals surface area contributed by atoms with Crippen LogP contribution >= 0.6 is 27.5 Å². The molecule has 15 heavy (non-hydrogen) atoms. The smallest absolute Gasteiger partial charge is 0.0568 e. The van der Waals surface area contributed by atoms with Gasteiger partial charge in [-0.2, -0.15) is 0 Å². The van der Waals surface area contributed by atoms with Crippen LogP contribution in [0.3, 0.4) is 0 Å². The van der Waals surface area contributed by atoms with Crippen LogP contribution < -0.4 is 5.32 Å². The van der Waals surface area contributed by atoms with Crippen molar-refractivity contribution in [1.82, 2.24) is 0 Å². The number of anilines is 1. The minimum absolute atomic E-state index is 0.474. The molecule has 0 heterocycles. The molecule has 0 saturated carbocycles. The molecule has 84 valence electrons. The zero-order valence-electron chi connectivity index (χ0n) is 9.35. The molecule has 0 fully saturated rings. The Labute approximate surface area is 105 Å². The van der Waals surface area contributed by atoms with Crippen LogP contribution in [0.15, 0.2) is 22.7 Å². The van der Waals surface area contributed by atoms with Crippen LogP contribution in [0.5, 0.6) is 0 Å². The van der Waals surface area contributed by atoms with Gasteiger partial charge in [-0.25, -0.2) is 0 Å². The monoisotopic (exact) mass is 289 g/mol. The van der Waals surface area contributed by atoms with Gasteiger partial charge in [0.25, 0.3) is 0 Å². The van der Waals surface area contributed by atoms with E-state index in [0.29, 0.717) is 12.0 Å². The molecule has 1 aromatic rings. The quantitative estimate of drug-likeness (QED) is 0.827. The summed E-state index contributed by atoms with van der Waals surface area (Å²) in [5.74, 6) is 0.707. The van der Waals surface area contributed by atoms with Crippen LogP contribution in [0.1, 0.15) is 27.2 Å². The minimum Gasteiger partial charge on any atom is -0.383 e. The zero-order valence-corrected chi connectivity index (χ0v) is 11.7. The number of nitrogens with one attached hydrogen (secondary N) is 1. The molecule has 1 nitrogen and oxygen atoms in total. The lowest BCUT2D eigenvalue weighted by atomic mass is 10.1. The van der Waals surface area contributed by atoms with E-state index in [1.165, 1.54) is 0 Å². The van der Waals surface area contributed by atoms with Crippen molar-refractivity contribution in [3.05, 3.63) is 27.7 Å². The van der Waals surface area contributed by atoms with Crippen LogP contribution in [0, 0.1) is 5.92 Å². The molecule has 1 unspecified atom stereocenters. The first-order chi connectivity index (χ1) is 6.99. The molecule has 0 aliphatic carbocycles. The van der Waals surface area contributed by atoms with E-state index < -0.39 is 0 Å². The first-order valence-corrected chi connectivity index (χ1v) is 6.37. The molecule has 1 N–H and O–H groups in total. The molecular formula is C12H17BrClN. The van der Waals surface area contributed by atoms with Gasteiger partial charge in [0.15, 0.2) is 0 Å². The molecule has 0 spiro atoms. The number of halogens is 2. The predicted molar refractivity (Wildman–Crippen MR) is 71.7 cm³/mol. The number of hydrogen-bond donors (Lipinski definition) is 1. The third-order valence-corrected chi connectivity index (χ3v) is 3.39. The molecule has 1 atom stereocenters. The van der Waals surface area contributed by atoms with Crippen molar-refractivity contribution < 1.29 is 0 Å². The van der Waals surface area contributed by atoms with Crippen molar-refractivity contribution in [2.24, 2.45) is 5.92 Å². The molecule has 0 aliphatic rings. The van der Waals surface area contributed by atoms with Crippen LogP contribution in [0.2, 0.25) is 5.02 Å². The molecule has 0 amide bonds. The highest BCUT2D eigenvalue weighted by Gasteiger charge is 2.05. The zero-order chi connectivity index (χ0) is 11.4. The maximum Gasteiger partial charge on any atom is 0.0568 e. The van der Waals surface area contributed by atoms with Gasteiger partial charge in [0.2, 0.25) is 0 Å². The maximum absolute atomic E-state index is 6.02. The van der Waals surface area contributed by atoms with Gasteiger partial charge in [-0.15, -0.1) is 0 Å². The highest BCUT2D eigenvalue weighted by molar-refractivity contribution is 9.10. The van der Waals surface area contributed by atoms with Crippen molar-refractivity contribution in [1.29, 1.82) is 0 Å². The highest BCUT2D eigenvalue weighted by Crippen LogP contribution is 2.26. The Bertz CT molecular complexity index is 325. The third kappa shape index (κ3) is 4.43. The fraction of sp³-hybridized carbons (Fsp3) is 0.500. The van der Waals surface area contributed by atoms with Crippen LogP contribution in [0.25, 0.3) is 0 Å². The molecular weight excluding hydrogens is 273 g/mol. The van der Waals surface area contributed by atoms with Gasteiger partial charge < -0.3 is 5.32 Å². The second kappa shape index (κ2) is 5.76. The summed E-state index contributed by atoms with van der Waals surface area (Å²) in [5, 5.41) is 4.18. The van der Waals surface area contributed by atoms with Gasteiger partial charge in [-0.05, 0) is 53.4 Å². The molecule has 0 aliphatic heterocycles. The summed E-state index contributed by atoms with van der Waals surface area (Å²) < 4.78 is 0.936. The second-order valence-electron chi connectivity index (χ2n) is 4.30. The van der Waals surface area contributed by atoms with E-state index in [0.717, 1.165) is 21.6 Å². The van der Waals surface area contributed by atoms with Gasteiger partial charge >= 0.3 is 0 Å². The Morgan fingerprint density at radius 1 is 1.33 bits per heavy atom. The summed E-state index contributed by atoms with van der Waals surface area (Å²) in [6.45, 7) is 6.65. The lowest BCUT2D eigenvalue weighted by Gasteiger charge is -2.17. The largest absolute Gasteiger partial charge is 0.383 e. The first kappa shape index (κ1) is 12.9. The number of benzene rings is 1. The fourth-order valence-electron chi connectivity index (χ4n) is 1.64. The van der Waals surface area contributed by atoms with Gasteiger partial charge in [-0.3, -0.25) is 0 Å². The van der Waals surface area contributed by atoms with Crippen LogP contribution in [0.4, 0.5) is 5.69 Å². The van der Waals surface area contributed by atoms with E-state index in [-0.39, 0.29) is 0 Å². The Morgan fingerprint density at radius 3 is 2.53 bits per heavy atom. The van der Waals surface area contributed by atoms with Crippen LogP contribution in [-0.4, -0.2) is 6.04 Å². The van der Waals surface area contributed by atoms with Crippen molar-refractivity contribution >= 4 is 33.2 Å². The van der Waals surface area contributed by atoms with E-state index in [2.05, 4.69) is 42.0 Å². The average Bonchev–Trinajstić information content (AvgIpc) is 2.10. The Hall–Kier alpha value is -0.210. The SMILES string of the molecule is CC(C)CC(C)Nc1ccc(Br)c(Cl)c1. The molecule has 1 aromatic carbocycles. The summed E-state index contributed by atoms with van der Waals surface area (Å²) in [4.78, 5) is 0. The van der Waals surface area contributed by atoms with E-state index in [4.69, 9.17) is 11.6 Å². The van der Waals surface area contributed by atoms with E-state index >= 15 is 0 Å². The Morgan fingerprint density at radius 2 is 2.00 bits per heavy atom. The Balaban J connectivity index is 2.60. The topological polar surface area (TPSA) is 12.0 Å². The van der Waals surface area contributed by atoms with Crippen molar-refractivity contribution in [3.8, 4) is 0 Å². The molecule has 3 heteroatoms. The molecule has 0 saturated heterocycles. The summed E-state index contributed by atoms with van der Waals surface area (Å²) >= 11 is 9.39. The summed E-state index contributed by atoms with van der Waals surface area (Å²) in [6, 6.07) is 6.42. The average molecular weight is 291 g/mol. The second-order valence-corrected chi connectivity index (χ2v) is 5.57. The summed E-state index contributed by atoms with van der Waals surface area (Å²) in [6.07, 6.45) is 1.16. The number of rotatable bonds is 4. The predicted octanol–water partition coefficient (Wildman–Crippen LogP) is 4.95. The Kier molecular flexibility index (Phi) is 4.94. The van der Waals surface area contributed by atoms with Crippen molar-refractivity contribution in [3.63, 3.8) is 0 Å². The number of hydrogen-bond acceptors (Lipinski definition) is 1. The maximum atomic E-state index is 6.02. The van der Waals surface area contributed by atoms with E-state index in [9.17, 15) is 0 Å². The van der Waals surface area contributed by atoms with Gasteiger partial charge in [0, 0.05) is 16.2 Å². The summed E-state index contributed by atoms with van der Waals surface area (Å²) in [5.41, 5.74) is 1.08. The van der Waals surface area contributed by atoms with Gasteiger partial charge in [0.05, 0.1) is 5.02 Å². The van der Waals surface area contributed by atoms with Crippen molar-refractivity contribution in [2.45, 2.75) is 33.2 Å². The minimum atomic E-state index is 0.474. The normalized spacial score (nSPS) is 12.9. The highest BCUT2D eigenvalue weighted by atomic mass is 79.9. The van der Waals surface area contributed by atoms with E-state index in [1.807, 2.05) is 18.2 Å². The molecule has 0 radical (unpaired) electrons. The molecule has 0 bridgehead atoms. The lowest BCUT2D eigenvalue weighted by Crippen LogP contribution is -2.17. The fourth-order valence-corrected chi connectivity index (χ4v) is 2.06. The standard InChI is InChI=1S/C12H17BrClN/c1-8(2)6-9(3)15-10-4-5-11(13)12(14)7-10/h4-5,7-9,15H,6H2,1-3H3. The van der Waals surface area contributed by atoms with E-state index in [1.54, 1.807) is 0 Å². The third-order valence-electron chi connectivity index (χ3n) is 2.16. The van der Waals surface area contributed by atoms with Gasteiger partial charge in [0.1, 0.15) is 0 Å². The molecule has 0 aromatic heterocycles. The first-order valence-electron chi connectivity index (χ1n) is 5.20. The van der Waals surface area contributed by atoms with Crippen molar-refractivity contribution in [2.75, 3.05) is 5.32 Å². The summed E-state index contributed by atoms with van der Waals surface area (Å²) in [7, 11) is 0.